The van der Waals surface area contributed by atoms with Crippen molar-refractivity contribution in [3.05, 3.63) is 59.7 Å². The van der Waals surface area contributed by atoms with Crippen LogP contribution in [-0.2, 0) is 0 Å². The Morgan fingerprint density at radius 3 is 2.05 bits per heavy atom. The molecule has 4 nitrogen and oxygen atoms in total. The number of hydrogen-bond donors (Lipinski definition) is 0. The van der Waals surface area contributed by atoms with Crippen LogP contribution in [0.1, 0.15) is 20.7 Å². The van der Waals surface area contributed by atoms with Crippen LogP contribution in [0, 0.1) is 0 Å². The van der Waals surface area contributed by atoms with E-state index in [2.05, 4.69) is 0 Å². The number of methoxy groups -OCH3 is 1. The van der Waals surface area contributed by atoms with Crippen molar-refractivity contribution in [2.24, 2.45) is 0 Å². The highest BCUT2D eigenvalue weighted by molar-refractivity contribution is 5.91. The summed E-state index contributed by atoms with van der Waals surface area (Å²) in [5.41, 5.74) is 0.963. The lowest BCUT2D eigenvalue weighted by Crippen LogP contribution is -2.08. The molecule has 0 aromatic heterocycles. The molecular weight excluding hydrogens is 244 g/mol. The second kappa shape index (κ2) is 5.82. The molecular formula is C15H12O4. The standard InChI is InChI=1S/C15H12O4/c1-18-13-8-4-12(5-9-13)15(17)19-14-6-2-11(10-16)3-7-14/h2-10H,1H3. The average Bonchev–Trinajstić information content (AvgIpc) is 2.48. The average molecular weight is 256 g/mol. The van der Waals surface area contributed by atoms with Crippen LogP contribution in [0.5, 0.6) is 11.5 Å². The molecule has 4 heteroatoms. The second-order valence-electron chi connectivity index (χ2n) is 3.80. The first-order valence-corrected chi connectivity index (χ1v) is 5.64. The van der Waals surface area contributed by atoms with E-state index in [0.29, 0.717) is 22.6 Å². The monoisotopic (exact) mass is 256 g/mol. The van der Waals surface area contributed by atoms with E-state index in [4.69, 9.17) is 9.47 Å². The van der Waals surface area contributed by atoms with Gasteiger partial charge in [-0.25, -0.2) is 4.79 Å². The number of benzene rings is 2. The summed E-state index contributed by atoms with van der Waals surface area (Å²) < 4.78 is 10.2. The molecule has 0 spiro atoms. The summed E-state index contributed by atoms with van der Waals surface area (Å²) in [5, 5.41) is 0. The van der Waals surface area contributed by atoms with E-state index in [1.54, 1.807) is 55.6 Å². The number of hydrogen-bond acceptors (Lipinski definition) is 4. The lowest BCUT2D eigenvalue weighted by Gasteiger charge is -2.05. The van der Waals surface area contributed by atoms with E-state index in [9.17, 15) is 9.59 Å². The summed E-state index contributed by atoms with van der Waals surface area (Å²) in [6.45, 7) is 0. The number of esters is 1. The van der Waals surface area contributed by atoms with Crippen LogP contribution in [0.3, 0.4) is 0 Å². The van der Waals surface area contributed by atoms with Gasteiger partial charge in [0.15, 0.2) is 0 Å². The fourth-order valence-corrected chi connectivity index (χ4v) is 1.51. The molecule has 0 unspecified atom stereocenters. The molecule has 0 saturated heterocycles. The first-order chi connectivity index (χ1) is 9.22. The van der Waals surface area contributed by atoms with Crippen molar-refractivity contribution in [3.8, 4) is 11.5 Å². The number of rotatable bonds is 4. The molecule has 19 heavy (non-hydrogen) atoms. The number of carbonyl (C=O) groups excluding carboxylic acids is 2. The van der Waals surface area contributed by atoms with Gasteiger partial charge in [-0.15, -0.1) is 0 Å². The molecule has 2 aromatic carbocycles. The number of carbonyl (C=O) groups is 2. The Bertz CT molecular complexity index is 570. The fraction of sp³-hybridized carbons (Fsp3) is 0.0667. The minimum atomic E-state index is -0.457. The Labute approximate surface area is 110 Å². The minimum absolute atomic E-state index is 0.395. The summed E-state index contributed by atoms with van der Waals surface area (Å²) in [7, 11) is 1.56. The van der Waals surface area contributed by atoms with Crippen LogP contribution in [0.25, 0.3) is 0 Å². The molecule has 2 aromatic rings. The molecule has 2 rings (SSSR count). The van der Waals surface area contributed by atoms with Gasteiger partial charge < -0.3 is 9.47 Å². The number of ether oxygens (including phenoxy) is 2. The molecule has 0 saturated carbocycles. The first-order valence-electron chi connectivity index (χ1n) is 5.64. The van der Waals surface area contributed by atoms with Gasteiger partial charge >= 0.3 is 5.97 Å². The first kappa shape index (κ1) is 12.8. The van der Waals surface area contributed by atoms with Gasteiger partial charge in [0, 0.05) is 5.56 Å². The molecule has 0 N–H and O–H groups in total. The molecule has 0 radical (unpaired) electrons. The van der Waals surface area contributed by atoms with Gasteiger partial charge in [-0.2, -0.15) is 0 Å². The Morgan fingerprint density at radius 1 is 0.947 bits per heavy atom. The molecule has 0 fully saturated rings. The van der Waals surface area contributed by atoms with E-state index >= 15 is 0 Å². The van der Waals surface area contributed by atoms with Gasteiger partial charge in [0.05, 0.1) is 12.7 Å². The zero-order chi connectivity index (χ0) is 13.7. The van der Waals surface area contributed by atoms with Gasteiger partial charge in [-0.1, -0.05) is 0 Å². The van der Waals surface area contributed by atoms with Crippen LogP contribution >= 0.6 is 0 Å². The van der Waals surface area contributed by atoms with Crippen LogP contribution in [-0.4, -0.2) is 19.4 Å². The normalized spacial score (nSPS) is 9.74. The van der Waals surface area contributed by atoms with Crippen molar-refractivity contribution >= 4 is 12.3 Å². The van der Waals surface area contributed by atoms with E-state index in [1.165, 1.54) is 0 Å². The highest BCUT2D eigenvalue weighted by Gasteiger charge is 2.08. The topological polar surface area (TPSA) is 52.6 Å². The maximum absolute atomic E-state index is 11.8. The molecule has 0 aliphatic carbocycles. The lowest BCUT2D eigenvalue weighted by molar-refractivity contribution is 0.0734. The van der Waals surface area contributed by atoms with Crippen LogP contribution in [0.15, 0.2) is 48.5 Å². The van der Waals surface area contributed by atoms with Crippen molar-refractivity contribution in [3.63, 3.8) is 0 Å². The van der Waals surface area contributed by atoms with Crippen LogP contribution < -0.4 is 9.47 Å². The van der Waals surface area contributed by atoms with E-state index in [0.717, 1.165) is 6.29 Å². The zero-order valence-corrected chi connectivity index (χ0v) is 10.3. The van der Waals surface area contributed by atoms with E-state index in [1.807, 2.05) is 0 Å². The van der Waals surface area contributed by atoms with Crippen molar-refractivity contribution in [2.45, 2.75) is 0 Å². The van der Waals surface area contributed by atoms with Crippen molar-refractivity contribution < 1.29 is 19.1 Å². The largest absolute Gasteiger partial charge is 0.497 e. The minimum Gasteiger partial charge on any atom is -0.497 e. The van der Waals surface area contributed by atoms with Crippen molar-refractivity contribution in [1.29, 1.82) is 0 Å². The third-order valence-corrected chi connectivity index (χ3v) is 2.55. The molecule has 0 aliphatic rings. The summed E-state index contributed by atoms with van der Waals surface area (Å²) in [5.74, 6) is 0.611. The quantitative estimate of drug-likeness (QED) is 0.479. The summed E-state index contributed by atoms with van der Waals surface area (Å²) >= 11 is 0. The third-order valence-electron chi connectivity index (χ3n) is 2.55. The summed E-state index contributed by atoms with van der Waals surface area (Å²) in [4.78, 5) is 22.3. The zero-order valence-electron chi connectivity index (χ0n) is 10.3. The molecule has 0 heterocycles. The fourth-order valence-electron chi connectivity index (χ4n) is 1.51. The Hall–Kier alpha value is -2.62. The molecule has 0 atom stereocenters. The van der Waals surface area contributed by atoms with Gasteiger partial charge in [-0.05, 0) is 48.5 Å². The third kappa shape index (κ3) is 3.19. The lowest BCUT2D eigenvalue weighted by atomic mass is 10.2. The smallest absolute Gasteiger partial charge is 0.343 e. The molecule has 0 amide bonds. The van der Waals surface area contributed by atoms with Crippen LogP contribution in [0.2, 0.25) is 0 Å². The molecule has 96 valence electrons. The summed E-state index contributed by atoms with van der Waals surface area (Å²) in [6, 6.07) is 12.9. The highest BCUT2D eigenvalue weighted by atomic mass is 16.5. The van der Waals surface area contributed by atoms with Crippen molar-refractivity contribution in [2.75, 3.05) is 7.11 Å². The molecule has 0 aliphatic heterocycles. The Balaban J connectivity index is 2.08. The van der Waals surface area contributed by atoms with E-state index in [-0.39, 0.29) is 0 Å². The number of aldehydes is 1. The SMILES string of the molecule is COc1ccc(C(=O)Oc2ccc(C=O)cc2)cc1. The van der Waals surface area contributed by atoms with Gasteiger partial charge in [-0.3, -0.25) is 4.79 Å². The second-order valence-corrected chi connectivity index (χ2v) is 3.80. The van der Waals surface area contributed by atoms with Gasteiger partial charge in [0.1, 0.15) is 17.8 Å². The maximum Gasteiger partial charge on any atom is 0.343 e. The Kier molecular flexibility index (Phi) is 3.93. The van der Waals surface area contributed by atoms with Crippen LogP contribution in [0.4, 0.5) is 0 Å². The predicted molar refractivity (Wildman–Crippen MR) is 69.8 cm³/mol. The van der Waals surface area contributed by atoms with Crippen molar-refractivity contribution in [1.82, 2.24) is 0 Å². The van der Waals surface area contributed by atoms with Gasteiger partial charge in [0.2, 0.25) is 0 Å². The van der Waals surface area contributed by atoms with Gasteiger partial charge in [0.25, 0.3) is 0 Å². The maximum atomic E-state index is 11.8. The Morgan fingerprint density at radius 2 is 1.53 bits per heavy atom. The highest BCUT2D eigenvalue weighted by Crippen LogP contribution is 2.15. The predicted octanol–water partition coefficient (Wildman–Crippen LogP) is 2.73. The summed E-state index contributed by atoms with van der Waals surface area (Å²) in [6.07, 6.45) is 0.731. The van der Waals surface area contributed by atoms with E-state index < -0.39 is 5.97 Å². The molecule has 0 bridgehead atoms.